The summed E-state index contributed by atoms with van der Waals surface area (Å²) in [5.74, 6) is 0.625. The van der Waals surface area contributed by atoms with Crippen molar-refractivity contribution in [2.75, 3.05) is 6.61 Å². The first-order chi connectivity index (χ1) is 10.5. The molecule has 0 aliphatic heterocycles. The van der Waals surface area contributed by atoms with Crippen LogP contribution < -0.4 is 10.3 Å². The van der Waals surface area contributed by atoms with Gasteiger partial charge >= 0.3 is 0 Å². The molecule has 1 aromatic carbocycles. The third kappa shape index (κ3) is 3.74. The quantitative estimate of drug-likeness (QED) is 0.752. The Hall–Kier alpha value is -2.14. The van der Waals surface area contributed by atoms with Gasteiger partial charge in [0.05, 0.1) is 12.2 Å². The lowest BCUT2D eigenvalue weighted by atomic mass is 10.1. The SMILES string of the molecule is C=CCOc1ccc(-c2ccc(Cl)c(=O)n2CC(F)F)cc1. The van der Waals surface area contributed by atoms with Crippen LogP contribution in [0.5, 0.6) is 5.75 Å². The topological polar surface area (TPSA) is 31.2 Å². The fraction of sp³-hybridized carbons (Fsp3) is 0.188. The molecule has 0 fully saturated rings. The maximum Gasteiger partial charge on any atom is 0.269 e. The Morgan fingerprint density at radius 2 is 1.91 bits per heavy atom. The number of rotatable bonds is 6. The van der Waals surface area contributed by atoms with E-state index in [9.17, 15) is 13.6 Å². The molecule has 6 heteroatoms. The second-order valence-corrected chi connectivity index (χ2v) is 4.90. The molecule has 0 saturated carbocycles. The second-order valence-electron chi connectivity index (χ2n) is 4.50. The number of aromatic nitrogens is 1. The maximum absolute atomic E-state index is 12.7. The van der Waals surface area contributed by atoms with Gasteiger partial charge in [-0.25, -0.2) is 8.78 Å². The molecular weight excluding hydrogens is 312 g/mol. The van der Waals surface area contributed by atoms with Gasteiger partial charge in [-0.3, -0.25) is 4.79 Å². The minimum atomic E-state index is -2.65. The van der Waals surface area contributed by atoms with Crippen LogP contribution in [-0.2, 0) is 6.54 Å². The molecule has 2 aromatic rings. The zero-order valence-corrected chi connectivity index (χ0v) is 12.4. The number of benzene rings is 1. The fourth-order valence-electron chi connectivity index (χ4n) is 2.00. The highest BCUT2D eigenvalue weighted by atomic mass is 35.5. The molecule has 0 atom stereocenters. The third-order valence-corrected chi connectivity index (χ3v) is 3.25. The van der Waals surface area contributed by atoms with Crippen LogP contribution in [-0.4, -0.2) is 17.6 Å². The number of hydrogen-bond donors (Lipinski definition) is 0. The third-order valence-electron chi connectivity index (χ3n) is 2.97. The molecule has 0 bridgehead atoms. The second kappa shape index (κ2) is 7.22. The summed E-state index contributed by atoms with van der Waals surface area (Å²) in [6.45, 7) is 3.22. The highest BCUT2D eigenvalue weighted by molar-refractivity contribution is 6.30. The van der Waals surface area contributed by atoms with Crippen LogP contribution in [0.2, 0.25) is 5.02 Å². The van der Waals surface area contributed by atoms with Gasteiger partial charge in [-0.15, -0.1) is 0 Å². The molecule has 22 heavy (non-hydrogen) atoms. The van der Waals surface area contributed by atoms with Crippen molar-refractivity contribution in [2.45, 2.75) is 13.0 Å². The van der Waals surface area contributed by atoms with E-state index in [0.717, 1.165) is 4.57 Å². The molecule has 0 N–H and O–H groups in total. The summed E-state index contributed by atoms with van der Waals surface area (Å²) in [5, 5.41) is -0.0877. The average Bonchev–Trinajstić information content (AvgIpc) is 2.50. The Kier molecular flexibility index (Phi) is 5.33. The average molecular weight is 326 g/mol. The Balaban J connectivity index is 2.41. The van der Waals surface area contributed by atoms with E-state index < -0.39 is 18.5 Å². The largest absolute Gasteiger partial charge is 0.490 e. The van der Waals surface area contributed by atoms with Crippen molar-refractivity contribution >= 4 is 11.6 Å². The molecule has 1 aromatic heterocycles. The van der Waals surface area contributed by atoms with Gasteiger partial charge in [-0.05, 0) is 42.0 Å². The number of pyridine rings is 1. The highest BCUT2D eigenvalue weighted by Gasteiger charge is 2.13. The van der Waals surface area contributed by atoms with Gasteiger partial charge < -0.3 is 9.30 Å². The lowest BCUT2D eigenvalue weighted by molar-refractivity contribution is 0.126. The summed E-state index contributed by atoms with van der Waals surface area (Å²) in [5.41, 5.74) is 0.372. The van der Waals surface area contributed by atoms with Gasteiger partial charge in [0.2, 0.25) is 0 Å². The van der Waals surface area contributed by atoms with Crippen LogP contribution in [0.15, 0.2) is 53.8 Å². The van der Waals surface area contributed by atoms with Gasteiger partial charge in [-0.1, -0.05) is 24.3 Å². The van der Waals surface area contributed by atoms with Gasteiger partial charge in [0.15, 0.2) is 0 Å². The zero-order chi connectivity index (χ0) is 16.1. The summed E-state index contributed by atoms with van der Waals surface area (Å²) in [7, 11) is 0. The van der Waals surface area contributed by atoms with Crippen molar-refractivity contribution in [1.29, 1.82) is 0 Å². The predicted molar refractivity (Wildman–Crippen MR) is 82.8 cm³/mol. The first-order valence-electron chi connectivity index (χ1n) is 6.54. The standard InChI is InChI=1S/C16H14ClF2NO2/c1-2-9-22-12-5-3-11(4-6-12)14-8-7-13(17)16(21)20(14)10-15(18)19/h2-8,15H,1,9-10H2. The Morgan fingerprint density at radius 1 is 1.23 bits per heavy atom. The number of ether oxygens (including phenoxy) is 1. The van der Waals surface area contributed by atoms with Crippen molar-refractivity contribution in [2.24, 2.45) is 0 Å². The molecular formula is C16H14ClF2NO2. The molecule has 0 radical (unpaired) electrons. The summed E-state index contributed by atoms with van der Waals surface area (Å²) in [4.78, 5) is 12.0. The van der Waals surface area contributed by atoms with Crippen LogP contribution in [0.3, 0.4) is 0 Å². The lowest BCUT2D eigenvalue weighted by Gasteiger charge is -2.13. The monoisotopic (exact) mass is 325 g/mol. The van der Waals surface area contributed by atoms with Crippen molar-refractivity contribution in [3.63, 3.8) is 0 Å². The number of alkyl halides is 2. The maximum atomic E-state index is 12.7. The molecule has 0 spiro atoms. The molecule has 116 valence electrons. The minimum Gasteiger partial charge on any atom is -0.490 e. The van der Waals surface area contributed by atoms with Crippen molar-refractivity contribution in [3.8, 4) is 17.0 Å². The summed E-state index contributed by atoms with van der Waals surface area (Å²) in [6, 6.07) is 9.75. The van der Waals surface area contributed by atoms with Crippen molar-refractivity contribution in [1.82, 2.24) is 4.57 Å². The Bertz CT molecular complexity index is 711. The fourth-order valence-corrected chi connectivity index (χ4v) is 2.17. The van der Waals surface area contributed by atoms with E-state index in [4.69, 9.17) is 16.3 Å². The molecule has 2 rings (SSSR count). The van der Waals surface area contributed by atoms with Crippen molar-refractivity contribution in [3.05, 3.63) is 64.4 Å². The smallest absolute Gasteiger partial charge is 0.269 e. The Morgan fingerprint density at radius 3 is 2.50 bits per heavy atom. The number of halogens is 3. The first kappa shape index (κ1) is 16.2. The van der Waals surface area contributed by atoms with Crippen LogP contribution in [0.4, 0.5) is 8.78 Å². The van der Waals surface area contributed by atoms with Crippen LogP contribution >= 0.6 is 11.6 Å². The minimum absolute atomic E-state index is 0.0877. The lowest BCUT2D eigenvalue weighted by Crippen LogP contribution is -2.25. The van der Waals surface area contributed by atoms with E-state index in [0.29, 0.717) is 23.6 Å². The molecule has 3 nitrogen and oxygen atoms in total. The number of nitrogens with zero attached hydrogens (tertiary/aromatic N) is 1. The highest BCUT2D eigenvalue weighted by Crippen LogP contribution is 2.23. The molecule has 0 aliphatic rings. The van der Waals surface area contributed by atoms with Gasteiger partial charge in [0, 0.05) is 0 Å². The normalized spacial score (nSPS) is 10.7. The summed E-state index contributed by atoms with van der Waals surface area (Å²) < 4.78 is 31.7. The first-order valence-corrected chi connectivity index (χ1v) is 6.92. The molecule has 0 aliphatic carbocycles. The van der Waals surface area contributed by atoms with Gasteiger partial charge in [0.1, 0.15) is 17.4 Å². The molecule has 0 saturated heterocycles. The van der Waals surface area contributed by atoms with Crippen molar-refractivity contribution < 1.29 is 13.5 Å². The molecule has 1 heterocycles. The van der Waals surface area contributed by atoms with E-state index in [1.165, 1.54) is 6.07 Å². The summed E-state index contributed by atoms with van der Waals surface area (Å²) in [6.07, 6.45) is -1.03. The van der Waals surface area contributed by atoms with Crippen LogP contribution in [0.1, 0.15) is 0 Å². The molecule has 0 amide bonds. The van der Waals surface area contributed by atoms with E-state index in [1.807, 2.05) is 0 Å². The number of hydrogen-bond acceptors (Lipinski definition) is 2. The summed E-state index contributed by atoms with van der Waals surface area (Å²) >= 11 is 5.73. The van der Waals surface area contributed by atoms with E-state index in [-0.39, 0.29) is 5.02 Å². The van der Waals surface area contributed by atoms with E-state index in [2.05, 4.69) is 6.58 Å². The molecule has 0 unspecified atom stereocenters. The van der Waals surface area contributed by atoms with Crippen LogP contribution in [0.25, 0.3) is 11.3 Å². The van der Waals surface area contributed by atoms with E-state index >= 15 is 0 Å². The van der Waals surface area contributed by atoms with E-state index in [1.54, 1.807) is 36.4 Å². The predicted octanol–water partition coefficient (Wildman–Crippen LogP) is 4.00. The van der Waals surface area contributed by atoms with Crippen LogP contribution in [0, 0.1) is 0 Å². The Labute approximate surface area is 131 Å². The van der Waals surface area contributed by atoms with Gasteiger partial charge in [-0.2, -0.15) is 0 Å². The zero-order valence-electron chi connectivity index (χ0n) is 11.6. The van der Waals surface area contributed by atoms with Gasteiger partial charge in [0.25, 0.3) is 12.0 Å².